The van der Waals surface area contributed by atoms with E-state index in [0.29, 0.717) is 0 Å². The largest absolute Gasteiger partial charge is 0.457 e. The number of hydrogen-bond acceptors (Lipinski definition) is 4. The number of nitrogens with one attached hydrogen (secondary N) is 1. The van der Waals surface area contributed by atoms with Crippen molar-refractivity contribution in [2.75, 3.05) is 0 Å². The van der Waals surface area contributed by atoms with Gasteiger partial charge in [-0.1, -0.05) is 36.4 Å². The van der Waals surface area contributed by atoms with Crippen molar-refractivity contribution in [2.24, 2.45) is 5.10 Å². The second-order valence-corrected chi connectivity index (χ2v) is 7.21. The van der Waals surface area contributed by atoms with Crippen molar-refractivity contribution in [3.63, 3.8) is 0 Å². The van der Waals surface area contributed by atoms with E-state index in [-0.39, 0.29) is 11.2 Å². The van der Waals surface area contributed by atoms with E-state index in [1.54, 1.807) is 6.21 Å². The fourth-order valence-corrected chi connectivity index (χ4v) is 3.15. The molecule has 1 amide bonds. The first-order valence-electron chi connectivity index (χ1n) is 8.58. The van der Waals surface area contributed by atoms with Gasteiger partial charge in [0.05, 0.1) is 11.5 Å². The maximum absolute atomic E-state index is 12.1. The number of carbonyl (C=O) groups excluding carboxylic acids is 1. The minimum absolute atomic E-state index is 0.135. The molecule has 0 aromatic heterocycles. The zero-order valence-corrected chi connectivity index (χ0v) is 15.7. The summed E-state index contributed by atoms with van der Waals surface area (Å²) in [6.45, 7) is 1.86. The van der Waals surface area contributed by atoms with Crippen LogP contribution in [0, 0.1) is 0 Å². The van der Waals surface area contributed by atoms with Gasteiger partial charge in [0.1, 0.15) is 11.5 Å². The lowest BCUT2D eigenvalue weighted by Crippen LogP contribution is -2.26. The minimum Gasteiger partial charge on any atom is -0.457 e. The third kappa shape index (κ3) is 6.01. The number of ether oxygens (including phenoxy) is 1. The van der Waals surface area contributed by atoms with E-state index in [9.17, 15) is 4.79 Å². The Morgan fingerprint density at radius 2 is 1.52 bits per heavy atom. The van der Waals surface area contributed by atoms with Gasteiger partial charge in [0, 0.05) is 4.90 Å². The van der Waals surface area contributed by atoms with Crippen LogP contribution in [0.3, 0.4) is 0 Å². The van der Waals surface area contributed by atoms with Crippen LogP contribution in [-0.2, 0) is 4.79 Å². The zero-order valence-electron chi connectivity index (χ0n) is 14.9. The van der Waals surface area contributed by atoms with Crippen molar-refractivity contribution in [3.8, 4) is 11.5 Å². The number of nitrogens with zero attached hydrogens (tertiary/aromatic N) is 1. The average Bonchev–Trinajstić information content (AvgIpc) is 2.71. The quantitative estimate of drug-likeness (QED) is 0.354. The van der Waals surface area contributed by atoms with Crippen LogP contribution in [0.4, 0.5) is 0 Å². The van der Waals surface area contributed by atoms with Crippen LogP contribution in [-0.4, -0.2) is 17.4 Å². The third-order valence-electron chi connectivity index (χ3n) is 3.67. The van der Waals surface area contributed by atoms with Gasteiger partial charge in [-0.05, 0) is 61.0 Å². The molecular weight excluding hydrogens is 356 g/mol. The van der Waals surface area contributed by atoms with Crippen molar-refractivity contribution in [1.82, 2.24) is 5.43 Å². The fraction of sp³-hybridized carbons (Fsp3) is 0.0909. The number of rotatable bonds is 7. The molecule has 3 rings (SSSR count). The Morgan fingerprint density at radius 1 is 0.926 bits per heavy atom. The molecule has 0 unspecified atom stereocenters. The smallest absolute Gasteiger partial charge is 0.253 e. The topological polar surface area (TPSA) is 50.7 Å². The van der Waals surface area contributed by atoms with Gasteiger partial charge in [0.2, 0.25) is 0 Å². The van der Waals surface area contributed by atoms with Crippen LogP contribution in [0.2, 0.25) is 0 Å². The third-order valence-corrected chi connectivity index (χ3v) is 4.78. The van der Waals surface area contributed by atoms with Gasteiger partial charge in [-0.2, -0.15) is 5.10 Å². The highest BCUT2D eigenvalue weighted by molar-refractivity contribution is 8.00. The standard InChI is InChI=1S/C22H20N2O2S/c1-17(27-21-10-6-3-7-11-21)22(25)24-23-16-18-12-14-20(15-13-18)26-19-8-4-2-5-9-19/h2-17H,1H3,(H,24,25)/b23-16-/t17-/m0/s1. The van der Waals surface area contributed by atoms with Crippen LogP contribution in [0.15, 0.2) is 94.9 Å². The van der Waals surface area contributed by atoms with Gasteiger partial charge >= 0.3 is 0 Å². The summed E-state index contributed by atoms with van der Waals surface area (Å²) < 4.78 is 5.75. The van der Waals surface area contributed by atoms with Crippen LogP contribution >= 0.6 is 11.8 Å². The fourth-order valence-electron chi connectivity index (χ4n) is 2.26. The summed E-state index contributed by atoms with van der Waals surface area (Å²) in [6, 6.07) is 26.9. The molecular formula is C22H20N2O2S. The molecule has 0 fully saturated rings. The molecule has 0 radical (unpaired) electrons. The van der Waals surface area contributed by atoms with Crippen LogP contribution in [0.25, 0.3) is 0 Å². The number of thioether (sulfide) groups is 1. The molecule has 0 aliphatic carbocycles. The number of carbonyl (C=O) groups is 1. The Bertz CT molecular complexity index is 881. The Labute approximate surface area is 163 Å². The van der Waals surface area contributed by atoms with Crippen LogP contribution in [0.5, 0.6) is 11.5 Å². The minimum atomic E-state index is -0.230. The molecule has 3 aromatic carbocycles. The highest BCUT2D eigenvalue weighted by Gasteiger charge is 2.13. The van der Waals surface area contributed by atoms with Crippen LogP contribution < -0.4 is 10.2 Å². The maximum Gasteiger partial charge on any atom is 0.253 e. The van der Waals surface area contributed by atoms with Gasteiger partial charge < -0.3 is 4.74 Å². The van der Waals surface area contributed by atoms with Crippen molar-refractivity contribution in [2.45, 2.75) is 17.1 Å². The highest BCUT2D eigenvalue weighted by atomic mass is 32.2. The summed E-state index contributed by atoms with van der Waals surface area (Å²) in [5.74, 6) is 1.40. The summed E-state index contributed by atoms with van der Waals surface area (Å²) in [5.41, 5.74) is 3.46. The number of hydrazone groups is 1. The van der Waals surface area contributed by atoms with Gasteiger partial charge in [-0.15, -0.1) is 11.8 Å². The predicted molar refractivity (Wildman–Crippen MR) is 110 cm³/mol. The van der Waals surface area contributed by atoms with E-state index in [1.165, 1.54) is 11.8 Å². The number of amides is 1. The Morgan fingerprint density at radius 3 is 2.19 bits per heavy atom. The number of para-hydroxylation sites is 1. The van der Waals surface area contributed by atoms with E-state index in [4.69, 9.17) is 4.74 Å². The lowest BCUT2D eigenvalue weighted by atomic mass is 10.2. The monoisotopic (exact) mass is 376 g/mol. The summed E-state index contributed by atoms with van der Waals surface area (Å²) in [6.07, 6.45) is 1.62. The normalized spacial score (nSPS) is 11.9. The first-order valence-corrected chi connectivity index (χ1v) is 9.46. The zero-order chi connectivity index (χ0) is 18.9. The second-order valence-electron chi connectivity index (χ2n) is 5.79. The van der Waals surface area contributed by atoms with Gasteiger partial charge in [0.25, 0.3) is 5.91 Å². The molecule has 0 spiro atoms. The molecule has 0 bridgehead atoms. The van der Waals surface area contributed by atoms with Crippen molar-refractivity contribution >= 4 is 23.9 Å². The molecule has 3 aromatic rings. The van der Waals surface area contributed by atoms with Gasteiger partial charge in [0.15, 0.2) is 0 Å². The summed E-state index contributed by atoms with van der Waals surface area (Å²) in [4.78, 5) is 13.2. The van der Waals surface area contributed by atoms with E-state index >= 15 is 0 Å². The maximum atomic E-state index is 12.1. The molecule has 136 valence electrons. The first-order chi connectivity index (χ1) is 13.2. The molecule has 1 N–H and O–H groups in total. The number of hydrogen-bond donors (Lipinski definition) is 1. The Kier molecular flexibility index (Phi) is 6.66. The van der Waals surface area contributed by atoms with Crippen molar-refractivity contribution < 1.29 is 9.53 Å². The van der Waals surface area contributed by atoms with Crippen molar-refractivity contribution in [3.05, 3.63) is 90.5 Å². The summed E-state index contributed by atoms with van der Waals surface area (Å²) >= 11 is 1.50. The lowest BCUT2D eigenvalue weighted by Gasteiger charge is -2.09. The molecule has 0 saturated heterocycles. The van der Waals surface area contributed by atoms with Gasteiger partial charge in [-0.3, -0.25) is 4.79 Å². The first kappa shape index (κ1) is 18.7. The summed E-state index contributed by atoms with van der Waals surface area (Å²) in [7, 11) is 0. The van der Waals surface area contributed by atoms with E-state index < -0.39 is 0 Å². The molecule has 27 heavy (non-hydrogen) atoms. The Hall–Kier alpha value is -3.05. The van der Waals surface area contributed by atoms with Crippen molar-refractivity contribution in [1.29, 1.82) is 0 Å². The highest BCUT2D eigenvalue weighted by Crippen LogP contribution is 2.23. The molecule has 5 heteroatoms. The second kappa shape index (κ2) is 9.59. The lowest BCUT2D eigenvalue weighted by molar-refractivity contribution is -0.120. The van der Waals surface area contributed by atoms with E-state index in [2.05, 4.69) is 10.5 Å². The van der Waals surface area contributed by atoms with E-state index in [1.807, 2.05) is 91.9 Å². The summed E-state index contributed by atoms with van der Waals surface area (Å²) in [5, 5.41) is 3.81. The van der Waals surface area contributed by atoms with Gasteiger partial charge in [-0.25, -0.2) is 5.43 Å². The molecule has 0 saturated carbocycles. The Balaban J connectivity index is 1.49. The SMILES string of the molecule is C[C@H](Sc1ccccc1)C(=O)N/N=C\c1ccc(Oc2ccccc2)cc1. The number of benzene rings is 3. The molecule has 1 atom stereocenters. The predicted octanol–water partition coefficient (Wildman–Crippen LogP) is 5.11. The average molecular weight is 376 g/mol. The van der Waals surface area contributed by atoms with E-state index in [0.717, 1.165) is 22.0 Å². The molecule has 0 heterocycles. The van der Waals surface area contributed by atoms with Crippen LogP contribution in [0.1, 0.15) is 12.5 Å². The molecule has 0 aliphatic rings. The molecule has 0 aliphatic heterocycles. The molecule has 4 nitrogen and oxygen atoms in total.